The first kappa shape index (κ1) is 9.09. The molecule has 0 aromatic carbocycles. The Bertz CT molecular complexity index is 205. The zero-order chi connectivity index (χ0) is 10.2. The second-order valence-corrected chi connectivity index (χ2v) is 3.99. The molecular weight excluding hydrogens is 156 g/mol. The lowest BCUT2D eigenvalue weighted by Crippen LogP contribution is -2.01. The van der Waals surface area contributed by atoms with Crippen molar-refractivity contribution >= 4 is 0 Å². The highest BCUT2D eigenvalue weighted by atomic mass is 14.1. The molecule has 0 heteroatoms. The van der Waals surface area contributed by atoms with Crippen LogP contribution in [0.25, 0.3) is 0 Å². The molecule has 74 valence electrons. The Morgan fingerprint density at radius 1 is 1.38 bits per heavy atom. The lowest BCUT2D eigenvalue weighted by molar-refractivity contribution is 0.419. The van der Waals surface area contributed by atoms with Crippen LogP contribution in [0.5, 0.6) is 0 Å². The first-order valence-corrected chi connectivity index (χ1v) is 5.75. The highest BCUT2D eigenvalue weighted by Gasteiger charge is 2.08. The van der Waals surface area contributed by atoms with Crippen molar-refractivity contribution < 1.29 is 1.37 Å². The molecule has 0 saturated heterocycles. The van der Waals surface area contributed by atoms with Gasteiger partial charge >= 0.3 is 0 Å². The lowest BCUT2D eigenvalue weighted by atomic mass is 9.89. The van der Waals surface area contributed by atoms with Crippen LogP contribution in [-0.4, -0.2) is 0 Å². The summed E-state index contributed by atoms with van der Waals surface area (Å²) >= 11 is 0. The zero-order valence-corrected chi connectivity index (χ0v) is 8.81. The summed E-state index contributed by atoms with van der Waals surface area (Å²) in [5, 5.41) is 0. The van der Waals surface area contributed by atoms with Gasteiger partial charge in [-0.3, -0.25) is 0 Å². The maximum absolute atomic E-state index is 7.67. The Kier molecular flexibility index (Phi) is 4.88. The molecule has 0 aromatic rings. The van der Waals surface area contributed by atoms with Gasteiger partial charge in [0.1, 0.15) is 0 Å². The van der Waals surface area contributed by atoms with Crippen molar-refractivity contribution in [3.63, 3.8) is 0 Å². The number of hydrogen-bond donors (Lipinski definition) is 0. The van der Waals surface area contributed by atoms with Gasteiger partial charge in [0.15, 0.2) is 0 Å². The molecule has 0 aromatic heterocycles. The summed E-state index contributed by atoms with van der Waals surface area (Å²) in [4.78, 5) is 0. The lowest BCUT2D eigenvalue weighted by Gasteiger charge is -2.16. The predicted molar refractivity (Wildman–Crippen MR) is 58.8 cm³/mol. The van der Waals surface area contributed by atoms with Crippen LogP contribution in [0, 0.1) is 5.92 Å². The van der Waals surface area contributed by atoms with Crippen LogP contribution in [0.4, 0.5) is 0 Å². The Morgan fingerprint density at radius 2 is 2.15 bits per heavy atom. The molecule has 1 saturated carbocycles. The minimum Gasteiger partial charge on any atom is -0.129 e. The van der Waals surface area contributed by atoms with E-state index in [0.29, 0.717) is 12.0 Å². The van der Waals surface area contributed by atoms with E-state index in [-0.39, 0.29) is 0 Å². The molecule has 1 rings (SSSR count). The van der Waals surface area contributed by atoms with Crippen LogP contribution in [0.15, 0.2) is 17.9 Å². The molecule has 1 aliphatic rings. The maximum atomic E-state index is 7.67. The van der Waals surface area contributed by atoms with Crippen molar-refractivity contribution in [2.24, 2.45) is 5.92 Å². The fourth-order valence-corrected chi connectivity index (χ4v) is 1.81. The molecule has 1 fully saturated rings. The van der Waals surface area contributed by atoms with Gasteiger partial charge in [-0.25, -0.2) is 0 Å². The Labute approximate surface area is 84.1 Å². The van der Waals surface area contributed by atoms with Gasteiger partial charge < -0.3 is 0 Å². The molecule has 0 nitrogen and oxygen atoms in total. The summed E-state index contributed by atoms with van der Waals surface area (Å²) in [7, 11) is 0. The van der Waals surface area contributed by atoms with Crippen molar-refractivity contribution in [1.82, 2.24) is 0 Å². The third-order valence-corrected chi connectivity index (χ3v) is 2.73. The topological polar surface area (TPSA) is 0 Å². The molecule has 0 spiro atoms. The van der Waals surface area contributed by atoms with Gasteiger partial charge in [-0.05, 0) is 43.7 Å². The van der Waals surface area contributed by atoms with E-state index in [4.69, 9.17) is 1.37 Å². The van der Waals surface area contributed by atoms with Crippen molar-refractivity contribution in [2.45, 2.75) is 58.3 Å². The van der Waals surface area contributed by atoms with Crippen LogP contribution < -0.4 is 0 Å². The standard InChI is InChI=1S/C13H22/c1-2-3-4-5-7-10-13-11-8-6-9-12-13/h5,10,13H,2-4,6,8-9,11-12H2,1H3/i5D. The Morgan fingerprint density at radius 3 is 2.85 bits per heavy atom. The fourth-order valence-electron chi connectivity index (χ4n) is 1.81. The van der Waals surface area contributed by atoms with Crippen LogP contribution in [-0.2, 0) is 0 Å². The van der Waals surface area contributed by atoms with Gasteiger partial charge in [0.05, 0.1) is 1.37 Å². The second kappa shape index (κ2) is 6.97. The number of hydrogen-bond acceptors (Lipinski definition) is 0. The summed E-state index contributed by atoms with van der Waals surface area (Å²) in [5.41, 5.74) is 3.15. The SMILES string of the molecule is [2H]C(=C=CC1CCCCC1)CCCC. The monoisotopic (exact) mass is 179 g/mol. The van der Waals surface area contributed by atoms with Crippen LogP contribution in [0.3, 0.4) is 0 Å². The van der Waals surface area contributed by atoms with Crippen LogP contribution >= 0.6 is 0 Å². The molecule has 0 atom stereocenters. The van der Waals surface area contributed by atoms with E-state index >= 15 is 0 Å². The van der Waals surface area contributed by atoms with E-state index in [0.717, 1.165) is 12.8 Å². The highest BCUT2D eigenvalue weighted by molar-refractivity contribution is 4.90. The molecule has 13 heavy (non-hydrogen) atoms. The first-order chi connectivity index (χ1) is 6.83. The summed E-state index contributed by atoms with van der Waals surface area (Å²) in [6, 6.07) is 0.692. The molecule has 0 bridgehead atoms. The summed E-state index contributed by atoms with van der Waals surface area (Å²) in [6.07, 6.45) is 12.1. The van der Waals surface area contributed by atoms with Crippen molar-refractivity contribution in [2.75, 3.05) is 0 Å². The third kappa shape index (κ3) is 4.95. The minimum atomic E-state index is 0.692. The number of unbranched alkanes of at least 4 members (excludes halogenated alkanes) is 1. The quantitative estimate of drug-likeness (QED) is 0.559. The van der Waals surface area contributed by atoms with Crippen LogP contribution in [0.2, 0.25) is 0 Å². The Hall–Kier alpha value is -0.480. The van der Waals surface area contributed by atoms with Gasteiger partial charge in [-0.15, -0.1) is 5.73 Å². The van der Waals surface area contributed by atoms with Gasteiger partial charge in [-0.1, -0.05) is 32.6 Å². The molecular formula is C13H22. The maximum Gasteiger partial charge on any atom is 0.0666 e. The largest absolute Gasteiger partial charge is 0.129 e. The van der Waals surface area contributed by atoms with E-state index in [9.17, 15) is 0 Å². The highest BCUT2D eigenvalue weighted by Crippen LogP contribution is 2.24. The van der Waals surface area contributed by atoms with E-state index < -0.39 is 0 Å². The molecule has 0 aliphatic heterocycles. The smallest absolute Gasteiger partial charge is 0.0666 e. The van der Waals surface area contributed by atoms with E-state index in [1.54, 1.807) is 0 Å². The molecule has 0 heterocycles. The van der Waals surface area contributed by atoms with Crippen molar-refractivity contribution in [1.29, 1.82) is 0 Å². The molecule has 0 radical (unpaired) electrons. The third-order valence-electron chi connectivity index (χ3n) is 2.73. The van der Waals surface area contributed by atoms with E-state index in [1.165, 1.54) is 38.5 Å². The summed E-state index contributed by atoms with van der Waals surface area (Å²) in [6.45, 7) is 2.16. The van der Waals surface area contributed by atoms with Gasteiger partial charge in [0.25, 0.3) is 0 Å². The van der Waals surface area contributed by atoms with E-state index in [1.807, 2.05) is 0 Å². The molecule has 0 unspecified atom stereocenters. The fraction of sp³-hybridized carbons (Fsp3) is 0.769. The van der Waals surface area contributed by atoms with Crippen molar-refractivity contribution in [3.8, 4) is 0 Å². The summed E-state index contributed by atoms with van der Waals surface area (Å²) < 4.78 is 7.67. The van der Waals surface area contributed by atoms with Gasteiger partial charge in [0.2, 0.25) is 0 Å². The average Bonchev–Trinajstić information content (AvgIpc) is 2.25. The Balaban J connectivity index is 2.34. The van der Waals surface area contributed by atoms with Crippen LogP contribution in [0.1, 0.15) is 59.7 Å². The van der Waals surface area contributed by atoms with Gasteiger partial charge in [-0.2, -0.15) is 0 Å². The minimum absolute atomic E-state index is 0.692. The molecule has 0 amide bonds. The number of rotatable bonds is 4. The predicted octanol–water partition coefficient (Wildman–Crippen LogP) is 4.47. The second-order valence-electron chi connectivity index (χ2n) is 3.99. The average molecular weight is 179 g/mol. The van der Waals surface area contributed by atoms with E-state index in [2.05, 4.69) is 18.7 Å². The van der Waals surface area contributed by atoms with Gasteiger partial charge in [0, 0.05) is 0 Å². The summed E-state index contributed by atoms with van der Waals surface area (Å²) in [5.74, 6) is 0.714. The van der Waals surface area contributed by atoms with Crippen molar-refractivity contribution in [3.05, 3.63) is 17.9 Å². The normalized spacial score (nSPS) is 19.0. The first-order valence-electron chi connectivity index (χ1n) is 6.25. The molecule has 0 N–H and O–H groups in total. The zero-order valence-electron chi connectivity index (χ0n) is 9.81. The molecule has 1 aliphatic carbocycles. The number of allylic oxidation sites excluding steroid dienone is 1.